The molecule has 0 saturated heterocycles. The van der Waals surface area contributed by atoms with Crippen LogP contribution in [0.25, 0.3) is 10.9 Å². The summed E-state index contributed by atoms with van der Waals surface area (Å²) in [5, 5.41) is 3.98. The molecule has 0 radical (unpaired) electrons. The van der Waals surface area contributed by atoms with E-state index in [2.05, 4.69) is 26.2 Å². The van der Waals surface area contributed by atoms with Crippen LogP contribution in [0.2, 0.25) is 0 Å². The lowest BCUT2D eigenvalue weighted by Crippen LogP contribution is -2.08. The molecule has 1 N–H and O–H groups in total. The number of rotatable bonds is 6. The van der Waals surface area contributed by atoms with E-state index < -0.39 is 5.97 Å². The molecule has 0 aliphatic heterocycles. The third kappa shape index (κ3) is 3.98. The van der Waals surface area contributed by atoms with Gasteiger partial charge in [-0.3, -0.25) is 0 Å². The molecule has 1 heterocycles. The lowest BCUT2D eigenvalue weighted by Gasteiger charge is -2.13. The summed E-state index contributed by atoms with van der Waals surface area (Å²) in [5.74, 6) is 1.58. The van der Waals surface area contributed by atoms with Crippen molar-refractivity contribution in [2.24, 2.45) is 0 Å². The summed E-state index contributed by atoms with van der Waals surface area (Å²) in [5.41, 5.74) is 2.07. The number of carbonyl (C=O) groups is 1. The second-order valence-corrected chi connectivity index (χ2v) is 6.57. The van der Waals surface area contributed by atoms with E-state index in [1.807, 2.05) is 36.4 Å². The van der Waals surface area contributed by atoms with E-state index in [9.17, 15) is 4.79 Å². The van der Waals surface area contributed by atoms with Crippen molar-refractivity contribution < 1.29 is 19.0 Å². The predicted octanol–water partition coefficient (Wildman–Crippen LogP) is 4.41. The highest BCUT2D eigenvalue weighted by molar-refractivity contribution is 9.10. The van der Waals surface area contributed by atoms with Crippen LogP contribution in [0.15, 0.2) is 46.9 Å². The Morgan fingerprint density at radius 1 is 1.11 bits per heavy atom. The fourth-order valence-corrected chi connectivity index (χ4v) is 3.22. The average Bonchev–Trinajstić information content (AvgIpc) is 2.71. The van der Waals surface area contributed by atoms with E-state index in [1.165, 1.54) is 7.11 Å². The van der Waals surface area contributed by atoms with Gasteiger partial charge in [0.25, 0.3) is 0 Å². The lowest BCUT2D eigenvalue weighted by molar-refractivity contribution is 0.0603. The van der Waals surface area contributed by atoms with Crippen LogP contribution in [0.1, 0.15) is 15.9 Å². The molecule has 2 aromatic carbocycles. The predicted molar refractivity (Wildman–Crippen MR) is 108 cm³/mol. The molecule has 7 heteroatoms. The largest absolute Gasteiger partial charge is 0.497 e. The van der Waals surface area contributed by atoms with Gasteiger partial charge in [-0.25, -0.2) is 9.78 Å². The number of ether oxygens (including phenoxy) is 3. The number of hydrogen-bond donors (Lipinski definition) is 1. The standard InChI is InChI=1S/C20H19BrN2O4/c1-25-13-8-7-12(17(9-13)26-2)11-22-18-10-15(20(24)27-3)14-5-4-6-16(21)19(14)23-18/h4-10H,11H2,1-3H3,(H,22,23). The molecule has 0 amide bonds. The Kier molecular flexibility index (Phi) is 5.81. The number of aromatic nitrogens is 1. The highest BCUT2D eigenvalue weighted by Gasteiger charge is 2.15. The van der Waals surface area contributed by atoms with Crippen LogP contribution in [0, 0.1) is 0 Å². The van der Waals surface area contributed by atoms with Gasteiger partial charge in [0, 0.05) is 28.0 Å². The molecular weight excluding hydrogens is 412 g/mol. The van der Waals surface area contributed by atoms with E-state index in [4.69, 9.17) is 14.2 Å². The minimum atomic E-state index is -0.412. The molecule has 0 atom stereocenters. The van der Waals surface area contributed by atoms with Gasteiger partial charge in [-0.05, 0) is 40.2 Å². The van der Waals surface area contributed by atoms with Crippen molar-refractivity contribution >= 4 is 38.6 Å². The lowest BCUT2D eigenvalue weighted by atomic mass is 10.1. The summed E-state index contributed by atoms with van der Waals surface area (Å²) in [4.78, 5) is 16.8. The number of nitrogens with zero attached hydrogens (tertiary/aromatic N) is 1. The van der Waals surface area contributed by atoms with Gasteiger partial charge in [-0.15, -0.1) is 0 Å². The van der Waals surface area contributed by atoms with E-state index in [0.29, 0.717) is 29.2 Å². The number of fused-ring (bicyclic) bond motifs is 1. The first-order chi connectivity index (χ1) is 13.1. The van der Waals surface area contributed by atoms with Crippen molar-refractivity contribution in [1.29, 1.82) is 0 Å². The molecule has 1 aromatic heterocycles. The van der Waals surface area contributed by atoms with E-state index in [-0.39, 0.29) is 0 Å². The smallest absolute Gasteiger partial charge is 0.338 e. The molecule has 6 nitrogen and oxygen atoms in total. The van der Waals surface area contributed by atoms with Gasteiger partial charge in [-0.1, -0.05) is 12.1 Å². The van der Waals surface area contributed by atoms with Crippen LogP contribution in [0.4, 0.5) is 5.82 Å². The van der Waals surface area contributed by atoms with Crippen molar-refractivity contribution in [3.8, 4) is 11.5 Å². The first-order valence-electron chi connectivity index (χ1n) is 8.19. The summed E-state index contributed by atoms with van der Waals surface area (Å²) < 4.78 is 16.4. The first kappa shape index (κ1) is 19.0. The molecule has 27 heavy (non-hydrogen) atoms. The number of para-hydroxylation sites is 1. The number of halogens is 1. The number of methoxy groups -OCH3 is 3. The quantitative estimate of drug-likeness (QED) is 0.583. The zero-order chi connectivity index (χ0) is 19.4. The van der Waals surface area contributed by atoms with Crippen LogP contribution in [-0.4, -0.2) is 32.3 Å². The highest BCUT2D eigenvalue weighted by atomic mass is 79.9. The normalized spacial score (nSPS) is 10.5. The van der Waals surface area contributed by atoms with Crippen molar-refractivity contribution in [1.82, 2.24) is 4.98 Å². The molecule has 3 aromatic rings. The van der Waals surface area contributed by atoms with Gasteiger partial charge in [0.15, 0.2) is 0 Å². The van der Waals surface area contributed by atoms with Crippen LogP contribution >= 0.6 is 15.9 Å². The SMILES string of the molecule is COC(=O)c1cc(NCc2ccc(OC)cc2OC)nc2c(Br)cccc12. The molecule has 0 aliphatic rings. The second-order valence-electron chi connectivity index (χ2n) is 5.71. The summed E-state index contributed by atoms with van der Waals surface area (Å²) in [6.45, 7) is 0.469. The third-order valence-electron chi connectivity index (χ3n) is 4.15. The maximum absolute atomic E-state index is 12.2. The van der Waals surface area contributed by atoms with Crippen molar-refractivity contribution in [2.75, 3.05) is 26.6 Å². The van der Waals surface area contributed by atoms with Crippen molar-refractivity contribution in [3.05, 3.63) is 58.1 Å². The minimum absolute atomic E-state index is 0.412. The minimum Gasteiger partial charge on any atom is -0.497 e. The fourth-order valence-electron chi connectivity index (χ4n) is 2.77. The monoisotopic (exact) mass is 430 g/mol. The topological polar surface area (TPSA) is 69.7 Å². The Morgan fingerprint density at radius 2 is 1.93 bits per heavy atom. The zero-order valence-electron chi connectivity index (χ0n) is 15.2. The van der Waals surface area contributed by atoms with Crippen LogP contribution in [0.3, 0.4) is 0 Å². The summed E-state index contributed by atoms with van der Waals surface area (Å²) in [6, 6.07) is 12.9. The number of carbonyl (C=O) groups excluding carboxylic acids is 1. The van der Waals surface area contributed by atoms with Gasteiger partial charge < -0.3 is 19.5 Å². The third-order valence-corrected chi connectivity index (χ3v) is 4.79. The van der Waals surface area contributed by atoms with Gasteiger partial charge in [0.1, 0.15) is 17.3 Å². The molecule has 0 fully saturated rings. The van der Waals surface area contributed by atoms with Crippen LogP contribution in [-0.2, 0) is 11.3 Å². The molecule has 140 valence electrons. The number of anilines is 1. The first-order valence-corrected chi connectivity index (χ1v) is 8.99. The maximum atomic E-state index is 12.2. The van der Waals surface area contributed by atoms with Gasteiger partial charge in [-0.2, -0.15) is 0 Å². The number of nitrogens with one attached hydrogen (secondary N) is 1. The Bertz CT molecular complexity index is 991. The molecule has 0 spiro atoms. The number of benzene rings is 2. The zero-order valence-corrected chi connectivity index (χ0v) is 16.8. The molecular formula is C20H19BrN2O4. The van der Waals surface area contributed by atoms with Gasteiger partial charge in [0.2, 0.25) is 0 Å². The van der Waals surface area contributed by atoms with Crippen molar-refractivity contribution in [2.45, 2.75) is 6.54 Å². The fraction of sp³-hybridized carbons (Fsp3) is 0.200. The molecule has 0 saturated carbocycles. The summed E-state index contributed by atoms with van der Waals surface area (Å²) in [7, 11) is 4.58. The number of esters is 1. The van der Waals surface area contributed by atoms with Crippen molar-refractivity contribution in [3.63, 3.8) is 0 Å². The van der Waals surface area contributed by atoms with Crippen LogP contribution in [0.5, 0.6) is 11.5 Å². The Balaban J connectivity index is 1.96. The second kappa shape index (κ2) is 8.26. The number of pyridine rings is 1. The molecule has 3 rings (SSSR count). The Labute approximate surface area is 165 Å². The van der Waals surface area contributed by atoms with Gasteiger partial charge in [0.05, 0.1) is 32.4 Å². The van der Waals surface area contributed by atoms with Crippen LogP contribution < -0.4 is 14.8 Å². The maximum Gasteiger partial charge on any atom is 0.338 e. The highest BCUT2D eigenvalue weighted by Crippen LogP contribution is 2.29. The van der Waals surface area contributed by atoms with Gasteiger partial charge >= 0.3 is 5.97 Å². The summed E-state index contributed by atoms with van der Waals surface area (Å²) >= 11 is 3.49. The molecule has 0 bridgehead atoms. The number of hydrogen-bond acceptors (Lipinski definition) is 6. The average molecular weight is 431 g/mol. The van der Waals surface area contributed by atoms with E-state index in [1.54, 1.807) is 20.3 Å². The Morgan fingerprint density at radius 3 is 2.63 bits per heavy atom. The van der Waals surface area contributed by atoms with E-state index >= 15 is 0 Å². The Hall–Kier alpha value is -2.80. The van der Waals surface area contributed by atoms with E-state index in [0.717, 1.165) is 21.2 Å². The summed E-state index contributed by atoms with van der Waals surface area (Å²) in [6.07, 6.45) is 0. The molecule has 0 aliphatic carbocycles. The molecule has 0 unspecified atom stereocenters.